The third-order valence-electron chi connectivity index (χ3n) is 6.68. The number of carbonyl (C=O) groups excluding carboxylic acids is 4. The van der Waals surface area contributed by atoms with Crippen molar-refractivity contribution in [2.24, 2.45) is 33.8 Å². The van der Waals surface area contributed by atoms with Gasteiger partial charge in [-0.15, -0.1) is 0 Å². The lowest BCUT2D eigenvalue weighted by Gasteiger charge is -2.27. The molecule has 0 aliphatic heterocycles. The molecule has 0 aliphatic carbocycles. The second-order valence-electron chi connectivity index (χ2n) is 9.87. The summed E-state index contributed by atoms with van der Waals surface area (Å²) in [6.07, 6.45) is 2.08. The maximum Gasteiger partial charge on any atom is 0.254 e. The zero-order chi connectivity index (χ0) is 30.7. The summed E-state index contributed by atoms with van der Waals surface area (Å²) in [4.78, 5) is 55.7. The van der Waals surface area contributed by atoms with Gasteiger partial charge < -0.3 is 44.6 Å². The number of nitrogen functional groups attached to an aromatic ring is 1. The molecule has 41 heavy (non-hydrogen) atoms. The zero-order valence-electron chi connectivity index (χ0n) is 23.7. The van der Waals surface area contributed by atoms with E-state index in [0.717, 1.165) is 0 Å². The first kappa shape index (κ1) is 32.6. The fourth-order valence-corrected chi connectivity index (χ4v) is 4.03. The monoisotopic (exact) mass is 567 g/mol. The summed E-state index contributed by atoms with van der Waals surface area (Å²) in [7, 11) is 0. The molecule has 0 aromatic heterocycles. The van der Waals surface area contributed by atoms with Crippen LogP contribution in [0.4, 0.5) is 17.1 Å². The lowest BCUT2D eigenvalue weighted by atomic mass is 9.96. The molecule has 1 unspecified atom stereocenters. The number of hydrogen-bond acceptors (Lipinski definition) is 7. The van der Waals surface area contributed by atoms with Crippen LogP contribution >= 0.6 is 0 Å². The molecule has 4 amide bonds. The van der Waals surface area contributed by atoms with Crippen molar-refractivity contribution in [2.75, 3.05) is 17.6 Å². The van der Waals surface area contributed by atoms with Crippen molar-refractivity contribution in [3.05, 3.63) is 53.1 Å². The Bertz CT molecular complexity index is 1290. The van der Waals surface area contributed by atoms with E-state index in [1.54, 1.807) is 25.1 Å². The minimum atomic E-state index is -0.983. The van der Waals surface area contributed by atoms with Gasteiger partial charge >= 0.3 is 0 Å². The van der Waals surface area contributed by atoms with E-state index in [1.165, 1.54) is 18.2 Å². The summed E-state index contributed by atoms with van der Waals surface area (Å²) in [5.74, 6) is -2.73. The zero-order valence-corrected chi connectivity index (χ0v) is 23.7. The number of anilines is 2. The van der Waals surface area contributed by atoms with Gasteiger partial charge in [-0.1, -0.05) is 26.3 Å². The number of carbonyl (C=O) groups is 4. The first-order valence-corrected chi connectivity index (χ1v) is 13.4. The van der Waals surface area contributed by atoms with E-state index in [0.29, 0.717) is 49.2 Å². The molecule has 0 saturated carbocycles. The van der Waals surface area contributed by atoms with Gasteiger partial charge in [-0.05, 0) is 74.5 Å². The Labute approximate surface area is 239 Å². The maximum absolute atomic E-state index is 13.5. The molecule has 0 saturated heterocycles. The molecule has 222 valence electrons. The maximum atomic E-state index is 13.5. The molecular formula is C28H41N9O4. The predicted molar refractivity (Wildman–Crippen MR) is 160 cm³/mol. The number of hydrogen-bond donors (Lipinski definition) is 8. The Kier molecular flexibility index (Phi) is 12.1. The fourth-order valence-electron chi connectivity index (χ4n) is 4.03. The summed E-state index contributed by atoms with van der Waals surface area (Å²) >= 11 is 0. The van der Waals surface area contributed by atoms with Crippen LogP contribution in [0.1, 0.15) is 65.8 Å². The molecule has 2 aromatic carbocycles. The van der Waals surface area contributed by atoms with Gasteiger partial charge in [0.2, 0.25) is 17.7 Å². The minimum absolute atomic E-state index is 0.0932. The average molecular weight is 568 g/mol. The van der Waals surface area contributed by atoms with Crippen molar-refractivity contribution in [2.45, 2.75) is 58.5 Å². The van der Waals surface area contributed by atoms with E-state index in [-0.39, 0.29) is 28.7 Å². The highest BCUT2D eigenvalue weighted by molar-refractivity contribution is 6.04. The van der Waals surface area contributed by atoms with Crippen molar-refractivity contribution < 1.29 is 19.2 Å². The molecule has 0 fully saturated rings. The molecule has 13 nitrogen and oxygen atoms in total. The Morgan fingerprint density at radius 3 is 2.27 bits per heavy atom. The predicted octanol–water partition coefficient (Wildman–Crippen LogP) is 0.978. The lowest BCUT2D eigenvalue weighted by Crippen LogP contribution is -2.55. The van der Waals surface area contributed by atoms with Crippen molar-refractivity contribution in [3.8, 4) is 0 Å². The van der Waals surface area contributed by atoms with Crippen LogP contribution in [0.3, 0.4) is 0 Å². The summed E-state index contributed by atoms with van der Waals surface area (Å²) in [6.45, 7) is 5.88. The van der Waals surface area contributed by atoms with Crippen LogP contribution in [0.15, 0.2) is 41.4 Å². The number of nitrogens with one attached hydrogen (secondary N) is 3. The van der Waals surface area contributed by atoms with Gasteiger partial charge in [-0.3, -0.25) is 19.2 Å². The standard InChI is InChI=1S/C28H41N9O4/c1-4-15(2)23(37-25(39)19-14-18(34-28(32)33)10-11-20(19)30)27(41)35-21(7-5-6-12-29)26(40)36-22-13-17(24(31)38)9-8-16(22)3/h8-11,13-15,21,23H,4-7,12,29-30H2,1-3H3,(H2,31,38)(H,35,41)(H,36,40)(H,37,39)(H4,32,33,34)/t15-,21-,23?/m0/s1. The Balaban J connectivity index is 2.30. The number of aryl methyl sites for hydroxylation is 1. The number of amides is 4. The molecule has 0 spiro atoms. The number of nitrogens with zero attached hydrogens (tertiary/aromatic N) is 1. The lowest BCUT2D eigenvalue weighted by molar-refractivity contribution is -0.128. The third kappa shape index (κ3) is 9.49. The summed E-state index contributed by atoms with van der Waals surface area (Å²) < 4.78 is 0. The Hall–Kier alpha value is -4.65. The largest absolute Gasteiger partial charge is 0.398 e. The summed E-state index contributed by atoms with van der Waals surface area (Å²) in [5, 5.41) is 8.33. The topological polar surface area (TPSA) is 247 Å². The molecule has 0 aliphatic rings. The van der Waals surface area contributed by atoms with Gasteiger partial charge in [0.05, 0.1) is 11.3 Å². The molecule has 0 bridgehead atoms. The number of guanidine groups is 1. The van der Waals surface area contributed by atoms with Crippen LogP contribution < -0.4 is 44.6 Å². The van der Waals surface area contributed by atoms with Crippen molar-refractivity contribution in [3.63, 3.8) is 0 Å². The van der Waals surface area contributed by atoms with E-state index in [4.69, 9.17) is 28.7 Å². The molecule has 2 aromatic rings. The van der Waals surface area contributed by atoms with Crippen molar-refractivity contribution in [1.82, 2.24) is 10.6 Å². The highest BCUT2D eigenvalue weighted by atomic mass is 16.2. The highest BCUT2D eigenvalue weighted by Gasteiger charge is 2.30. The van der Waals surface area contributed by atoms with Crippen molar-refractivity contribution in [1.29, 1.82) is 0 Å². The van der Waals surface area contributed by atoms with E-state index in [1.807, 2.05) is 13.8 Å². The number of rotatable bonds is 14. The molecule has 2 rings (SSSR count). The van der Waals surface area contributed by atoms with Gasteiger partial charge in [0.1, 0.15) is 12.1 Å². The SMILES string of the molecule is CC[C@H](C)C(NC(=O)c1cc(N=C(N)N)ccc1N)C(=O)N[C@@H](CCCCN)C(=O)Nc1cc(C(N)=O)ccc1C. The fraction of sp³-hybridized carbons (Fsp3) is 0.393. The molecule has 13 heteroatoms. The van der Waals surface area contributed by atoms with Crippen LogP contribution in [0.2, 0.25) is 0 Å². The van der Waals surface area contributed by atoms with Crippen LogP contribution in [-0.4, -0.2) is 48.2 Å². The van der Waals surface area contributed by atoms with Crippen LogP contribution in [0, 0.1) is 12.8 Å². The van der Waals surface area contributed by atoms with E-state index < -0.39 is 35.7 Å². The van der Waals surface area contributed by atoms with Crippen LogP contribution in [-0.2, 0) is 9.59 Å². The first-order chi connectivity index (χ1) is 19.4. The van der Waals surface area contributed by atoms with Gasteiger partial charge in [-0.2, -0.15) is 0 Å². The third-order valence-corrected chi connectivity index (χ3v) is 6.68. The van der Waals surface area contributed by atoms with E-state index in [9.17, 15) is 19.2 Å². The number of benzene rings is 2. The normalized spacial score (nSPS) is 12.9. The summed E-state index contributed by atoms with van der Waals surface area (Å²) in [6, 6.07) is 7.25. The number of primary amides is 1. The van der Waals surface area contributed by atoms with E-state index in [2.05, 4.69) is 20.9 Å². The highest BCUT2D eigenvalue weighted by Crippen LogP contribution is 2.21. The molecule has 0 radical (unpaired) electrons. The first-order valence-electron chi connectivity index (χ1n) is 13.4. The Morgan fingerprint density at radius 2 is 1.66 bits per heavy atom. The molecule has 13 N–H and O–H groups in total. The van der Waals surface area contributed by atoms with Gasteiger partial charge in [0.15, 0.2) is 5.96 Å². The number of nitrogens with two attached hydrogens (primary N) is 5. The second kappa shape index (κ2) is 15.2. The quantitative estimate of drug-likeness (QED) is 0.0705. The van der Waals surface area contributed by atoms with Gasteiger partial charge in [-0.25, -0.2) is 4.99 Å². The smallest absolute Gasteiger partial charge is 0.254 e. The molecular weight excluding hydrogens is 526 g/mol. The minimum Gasteiger partial charge on any atom is -0.398 e. The van der Waals surface area contributed by atoms with E-state index >= 15 is 0 Å². The van der Waals surface area contributed by atoms with Gasteiger partial charge in [0.25, 0.3) is 5.91 Å². The Morgan fingerprint density at radius 1 is 0.951 bits per heavy atom. The number of unbranched alkanes of at least 4 members (excludes halogenated alkanes) is 1. The van der Waals surface area contributed by atoms with Crippen LogP contribution in [0.25, 0.3) is 0 Å². The number of aliphatic imine (C=N–C) groups is 1. The summed E-state index contributed by atoms with van der Waals surface area (Å²) in [5.41, 5.74) is 29.8. The molecule has 3 atom stereocenters. The second-order valence-corrected chi connectivity index (χ2v) is 9.87. The van der Waals surface area contributed by atoms with Crippen molar-refractivity contribution >= 4 is 46.7 Å². The molecule has 0 heterocycles. The van der Waals surface area contributed by atoms with Crippen LogP contribution in [0.5, 0.6) is 0 Å². The van der Waals surface area contributed by atoms with Gasteiger partial charge in [0, 0.05) is 16.9 Å². The average Bonchev–Trinajstić information content (AvgIpc) is 2.92.